The maximum absolute atomic E-state index is 11.5. The fourth-order valence-corrected chi connectivity index (χ4v) is 2.61. The van der Waals surface area contributed by atoms with Crippen LogP contribution in [0, 0.1) is 0 Å². The minimum atomic E-state index is 0.416. The second kappa shape index (κ2) is 5.26. The van der Waals surface area contributed by atoms with Gasteiger partial charge in [0.2, 0.25) is 0 Å². The maximum Gasteiger partial charge on any atom is 0.133 e. The van der Waals surface area contributed by atoms with Crippen LogP contribution in [0.2, 0.25) is 0 Å². The Bertz CT molecular complexity index is 373. The van der Waals surface area contributed by atoms with Crippen molar-refractivity contribution in [2.24, 2.45) is 5.73 Å². The van der Waals surface area contributed by atoms with Gasteiger partial charge in [-0.1, -0.05) is 24.3 Å². The molecule has 1 aliphatic carbocycles. The van der Waals surface area contributed by atoms with Crippen LogP contribution in [0.15, 0.2) is 24.3 Å². The summed E-state index contributed by atoms with van der Waals surface area (Å²) < 4.78 is 0. The van der Waals surface area contributed by atoms with Crippen molar-refractivity contribution in [1.82, 2.24) is 0 Å². The molecule has 0 spiro atoms. The first-order valence-corrected chi connectivity index (χ1v) is 6.11. The van der Waals surface area contributed by atoms with Crippen LogP contribution in [0.3, 0.4) is 0 Å². The topological polar surface area (TPSA) is 43.1 Å². The van der Waals surface area contributed by atoms with Crippen LogP contribution in [-0.4, -0.2) is 12.3 Å². The van der Waals surface area contributed by atoms with E-state index in [-0.39, 0.29) is 0 Å². The summed E-state index contributed by atoms with van der Waals surface area (Å²) in [6.07, 6.45) is 4.60. The second-order valence-electron chi connectivity index (χ2n) is 4.57. The van der Waals surface area contributed by atoms with Crippen molar-refractivity contribution >= 4 is 5.78 Å². The molecule has 1 aliphatic rings. The number of benzene rings is 1. The van der Waals surface area contributed by atoms with E-state index in [4.69, 9.17) is 5.73 Å². The third-order valence-electron chi connectivity index (χ3n) is 3.39. The molecule has 0 amide bonds. The van der Waals surface area contributed by atoms with Crippen molar-refractivity contribution in [3.63, 3.8) is 0 Å². The highest BCUT2D eigenvalue weighted by molar-refractivity contribution is 5.80. The Morgan fingerprint density at radius 2 is 2.12 bits per heavy atom. The molecule has 0 heterocycles. The van der Waals surface area contributed by atoms with Crippen molar-refractivity contribution in [3.05, 3.63) is 35.4 Å². The number of hydrogen-bond donors (Lipinski definition) is 1. The second-order valence-corrected chi connectivity index (χ2v) is 4.57. The largest absolute Gasteiger partial charge is 0.330 e. The minimum absolute atomic E-state index is 0.416. The number of nitrogens with two attached hydrogens (primary N) is 1. The van der Waals surface area contributed by atoms with Gasteiger partial charge in [0.15, 0.2) is 0 Å². The van der Waals surface area contributed by atoms with Gasteiger partial charge in [-0.15, -0.1) is 0 Å². The Morgan fingerprint density at radius 3 is 2.88 bits per heavy atom. The molecule has 0 aromatic heterocycles. The lowest BCUT2D eigenvalue weighted by atomic mass is 9.81. The number of carbonyl (C=O) groups excluding carboxylic acids is 1. The fraction of sp³-hybridized carbons (Fsp3) is 0.500. The highest BCUT2D eigenvalue weighted by Crippen LogP contribution is 2.32. The van der Waals surface area contributed by atoms with Crippen LogP contribution in [0.25, 0.3) is 0 Å². The zero-order valence-corrected chi connectivity index (χ0v) is 9.61. The van der Waals surface area contributed by atoms with Crippen LogP contribution in [0.5, 0.6) is 0 Å². The summed E-state index contributed by atoms with van der Waals surface area (Å²) >= 11 is 0. The van der Waals surface area contributed by atoms with E-state index >= 15 is 0 Å². The highest BCUT2D eigenvalue weighted by atomic mass is 16.1. The molecule has 16 heavy (non-hydrogen) atoms. The molecule has 0 bridgehead atoms. The molecule has 0 radical (unpaired) electrons. The Morgan fingerprint density at radius 1 is 1.31 bits per heavy atom. The Balaban J connectivity index is 2.21. The zero-order chi connectivity index (χ0) is 11.4. The first-order valence-electron chi connectivity index (χ1n) is 6.11. The molecule has 1 aromatic carbocycles. The minimum Gasteiger partial charge on any atom is -0.330 e. The van der Waals surface area contributed by atoms with Crippen LogP contribution < -0.4 is 5.73 Å². The van der Waals surface area contributed by atoms with Gasteiger partial charge in [0, 0.05) is 12.8 Å². The van der Waals surface area contributed by atoms with Crippen molar-refractivity contribution in [1.29, 1.82) is 0 Å². The molecule has 0 aliphatic heterocycles. The number of rotatable bonds is 3. The van der Waals surface area contributed by atoms with E-state index in [1.807, 2.05) is 0 Å². The predicted octanol–water partition coefficient (Wildman–Crippen LogP) is 2.41. The standard InChI is InChI=1S/C14H19NO/c15-9-8-11-4-1-2-7-14(11)12-5-3-6-13(16)10-12/h1-2,4,7,12H,3,5-6,8-10,15H2. The smallest absolute Gasteiger partial charge is 0.133 e. The molecular formula is C14H19NO. The average molecular weight is 217 g/mol. The van der Waals surface area contributed by atoms with Crippen molar-refractivity contribution in [2.45, 2.75) is 38.0 Å². The maximum atomic E-state index is 11.5. The van der Waals surface area contributed by atoms with Crippen molar-refractivity contribution < 1.29 is 4.79 Å². The lowest BCUT2D eigenvalue weighted by molar-refractivity contribution is -0.120. The van der Waals surface area contributed by atoms with Gasteiger partial charge in [-0.3, -0.25) is 4.79 Å². The summed E-state index contributed by atoms with van der Waals surface area (Å²) in [4.78, 5) is 11.5. The first-order chi connectivity index (χ1) is 7.81. The van der Waals surface area contributed by atoms with E-state index in [1.54, 1.807) is 0 Å². The Labute approximate surface area is 96.8 Å². The van der Waals surface area contributed by atoms with Gasteiger partial charge in [0.05, 0.1) is 0 Å². The van der Waals surface area contributed by atoms with Gasteiger partial charge in [-0.25, -0.2) is 0 Å². The lowest BCUT2D eigenvalue weighted by Crippen LogP contribution is -2.15. The van der Waals surface area contributed by atoms with E-state index in [0.717, 1.165) is 32.1 Å². The number of ketones is 1. The van der Waals surface area contributed by atoms with Crippen LogP contribution >= 0.6 is 0 Å². The summed E-state index contributed by atoms with van der Waals surface area (Å²) in [5.41, 5.74) is 8.29. The molecule has 1 saturated carbocycles. The van der Waals surface area contributed by atoms with Gasteiger partial charge < -0.3 is 5.73 Å². The van der Waals surface area contributed by atoms with Crippen molar-refractivity contribution in [3.8, 4) is 0 Å². The average Bonchev–Trinajstić information content (AvgIpc) is 2.30. The molecule has 2 rings (SSSR count). The molecule has 2 heteroatoms. The molecule has 86 valence electrons. The molecular weight excluding hydrogens is 198 g/mol. The normalized spacial score (nSPS) is 21.1. The number of Topliss-reactive ketones (excluding diaryl/α,β-unsaturated/α-hetero) is 1. The van der Waals surface area contributed by atoms with Gasteiger partial charge >= 0.3 is 0 Å². The monoisotopic (exact) mass is 217 g/mol. The summed E-state index contributed by atoms with van der Waals surface area (Å²) in [6.45, 7) is 0.678. The van der Waals surface area contributed by atoms with Gasteiger partial charge in [-0.05, 0) is 42.9 Å². The van der Waals surface area contributed by atoms with E-state index in [1.165, 1.54) is 11.1 Å². The molecule has 0 saturated heterocycles. The number of carbonyl (C=O) groups is 1. The van der Waals surface area contributed by atoms with Gasteiger partial charge in [0.25, 0.3) is 0 Å². The highest BCUT2D eigenvalue weighted by Gasteiger charge is 2.22. The molecule has 2 nitrogen and oxygen atoms in total. The van der Waals surface area contributed by atoms with E-state index in [9.17, 15) is 4.79 Å². The zero-order valence-electron chi connectivity index (χ0n) is 9.61. The van der Waals surface area contributed by atoms with E-state index in [0.29, 0.717) is 18.2 Å². The molecule has 1 fully saturated rings. The summed E-state index contributed by atoms with van der Waals surface area (Å²) in [7, 11) is 0. The van der Waals surface area contributed by atoms with Crippen LogP contribution in [0.1, 0.15) is 42.7 Å². The lowest BCUT2D eigenvalue weighted by Gasteiger charge is -2.23. The quantitative estimate of drug-likeness (QED) is 0.845. The first kappa shape index (κ1) is 11.3. The third-order valence-corrected chi connectivity index (χ3v) is 3.39. The number of hydrogen-bond acceptors (Lipinski definition) is 2. The molecule has 1 unspecified atom stereocenters. The Hall–Kier alpha value is -1.15. The van der Waals surface area contributed by atoms with Gasteiger partial charge in [-0.2, -0.15) is 0 Å². The van der Waals surface area contributed by atoms with Gasteiger partial charge in [0.1, 0.15) is 5.78 Å². The van der Waals surface area contributed by atoms with E-state index < -0.39 is 0 Å². The van der Waals surface area contributed by atoms with Crippen LogP contribution in [0.4, 0.5) is 0 Å². The molecule has 1 atom stereocenters. The Kier molecular flexibility index (Phi) is 3.73. The third kappa shape index (κ3) is 2.50. The predicted molar refractivity (Wildman–Crippen MR) is 65.4 cm³/mol. The SMILES string of the molecule is NCCc1ccccc1C1CCCC(=O)C1. The molecule has 2 N–H and O–H groups in total. The summed E-state index contributed by atoms with van der Waals surface area (Å²) in [6, 6.07) is 8.42. The van der Waals surface area contributed by atoms with E-state index in [2.05, 4.69) is 24.3 Å². The van der Waals surface area contributed by atoms with Crippen molar-refractivity contribution in [2.75, 3.05) is 6.54 Å². The molecule has 1 aromatic rings. The fourth-order valence-electron chi connectivity index (χ4n) is 2.61. The summed E-state index contributed by atoms with van der Waals surface area (Å²) in [5, 5.41) is 0. The van der Waals surface area contributed by atoms with Crippen LogP contribution in [-0.2, 0) is 11.2 Å². The summed E-state index contributed by atoms with van der Waals surface area (Å²) in [5.74, 6) is 0.850.